The zero-order valence-electron chi connectivity index (χ0n) is 11.2. The van der Waals surface area contributed by atoms with Crippen LogP contribution in [0.2, 0.25) is 0 Å². The predicted octanol–water partition coefficient (Wildman–Crippen LogP) is 1.19. The second kappa shape index (κ2) is 7.39. The molecule has 19 heavy (non-hydrogen) atoms. The minimum absolute atomic E-state index is 0.000438. The number of primary amides is 1. The lowest BCUT2D eigenvalue weighted by Gasteiger charge is -2.19. The minimum atomic E-state index is -0.385. The summed E-state index contributed by atoms with van der Waals surface area (Å²) in [5.74, 6) is 0.388. The standard InChI is InChI=1S/C14H19N3O2/c1-10(2)13(14(16)18)17-9-11-5-3-4-6-12(11)19-8-7-15/h3-6,10,13,17H,8-9H2,1-2H3,(H2,16,18). The molecule has 5 nitrogen and oxygen atoms in total. The van der Waals surface area contributed by atoms with Crippen molar-refractivity contribution in [3.05, 3.63) is 29.8 Å². The van der Waals surface area contributed by atoms with Gasteiger partial charge in [0.15, 0.2) is 6.61 Å². The van der Waals surface area contributed by atoms with Gasteiger partial charge in [0.25, 0.3) is 0 Å². The molecule has 0 aliphatic rings. The topological polar surface area (TPSA) is 88.1 Å². The summed E-state index contributed by atoms with van der Waals surface area (Å²) in [6.45, 7) is 4.33. The number of ether oxygens (including phenoxy) is 1. The molecule has 0 spiro atoms. The van der Waals surface area contributed by atoms with Gasteiger partial charge in [0.05, 0.1) is 6.04 Å². The van der Waals surface area contributed by atoms with Gasteiger partial charge in [0.2, 0.25) is 5.91 Å². The van der Waals surface area contributed by atoms with Gasteiger partial charge in [-0.05, 0) is 12.0 Å². The molecule has 102 valence electrons. The Kier molecular flexibility index (Phi) is 5.83. The number of nitrogens with one attached hydrogen (secondary N) is 1. The van der Waals surface area contributed by atoms with Gasteiger partial charge < -0.3 is 15.8 Å². The Labute approximate surface area is 113 Å². The molecule has 3 N–H and O–H groups in total. The molecule has 1 rings (SSSR count). The van der Waals surface area contributed by atoms with Gasteiger partial charge in [0.1, 0.15) is 11.8 Å². The SMILES string of the molecule is CC(C)C(NCc1ccccc1OCC#N)C(N)=O. The highest BCUT2D eigenvalue weighted by molar-refractivity contribution is 5.80. The first-order chi connectivity index (χ1) is 9.06. The van der Waals surface area contributed by atoms with Crippen molar-refractivity contribution in [3.8, 4) is 11.8 Å². The number of carbonyl (C=O) groups is 1. The summed E-state index contributed by atoms with van der Waals surface area (Å²) < 4.78 is 5.32. The highest BCUT2D eigenvalue weighted by atomic mass is 16.5. The van der Waals surface area contributed by atoms with Crippen molar-refractivity contribution in [2.24, 2.45) is 11.7 Å². The van der Waals surface area contributed by atoms with Crippen LogP contribution >= 0.6 is 0 Å². The lowest BCUT2D eigenvalue weighted by molar-refractivity contribution is -0.121. The Morgan fingerprint density at radius 1 is 1.47 bits per heavy atom. The van der Waals surface area contributed by atoms with Crippen molar-refractivity contribution in [2.75, 3.05) is 6.61 Å². The molecule has 0 saturated heterocycles. The Hall–Kier alpha value is -2.06. The smallest absolute Gasteiger partial charge is 0.234 e. The van der Waals surface area contributed by atoms with E-state index in [0.717, 1.165) is 5.56 Å². The number of hydrogen-bond donors (Lipinski definition) is 2. The number of nitrogens with two attached hydrogens (primary N) is 1. The first kappa shape index (κ1) is 15.0. The highest BCUT2D eigenvalue weighted by Gasteiger charge is 2.18. The zero-order chi connectivity index (χ0) is 14.3. The molecule has 0 heterocycles. The fraction of sp³-hybridized carbons (Fsp3) is 0.429. The molecule has 0 bridgehead atoms. The molecule has 0 aliphatic carbocycles. The van der Waals surface area contributed by atoms with E-state index in [0.29, 0.717) is 12.3 Å². The van der Waals surface area contributed by atoms with Crippen LogP contribution in [0.1, 0.15) is 19.4 Å². The first-order valence-corrected chi connectivity index (χ1v) is 6.16. The molecule has 1 unspecified atom stereocenters. The molecule has 0 radical (unpaired) electrons. The normalized spacial score (nSPS) is 11.9. The van der Waals surface area contributed by atoms with Gasteiger partial charge in [-0.3, -0.25) is 4.79 Å². The third-order valence-electron chi connectivity index (χ3n) is 2.75. The van der Waals surface area contributed by atoms with E-state index in [2.05, 4.69) is 5.32 Å². The van der Waals surface area contributed by atoms with Gasteiger partial charge in [-0.15, -0.1) is 0 Å². The molecule has 1 aromatic rings. The molecule has 1 atom stereocenters. The van der Waals surface area contributed by atoms with Crippen molar-refractivity contribution in [3.63, 3.8) is 0 Å². The zero-order valence-corrected chi connectivity index (χ0v) is 11.2. The first-order valence-electron chi connectivity index (χ1n) is 6.16. The van der Waals surface area contributed by atoms with Crippen molar-refractivity contribution < 1.29 is 9.53 Å². The largest absolute Gasteiger partial charge is 0.478 e. The van der Waals surface area contributed by atoms with Crippen LogP contribution in [0.25, 0.3) is 0 Å². The van der Waals surface area contributed by atoms with E-state index in [1.54, 1.807) is 6.07 Å². The van der Waals surface area contributed by atoms with Gasteiger partial charge >= 0.3 is 0 Å². The Bertz CT molecular complexity index is 466. The van der Waals surface area contributed by atoms with Crippen LogP contribution in [0.5, 0.6) is 5.75 Å². The monoisotopic (exact) mass is 261 g/mol. The maximum Gasteiger partial charge on any atom is 0.234 e. The van der Waals surface area contributed by atoms with Crippen LogP contribution < -0.4 is 15.8 Å². The highest BCUT2D eigenvalue weighted by Crippen LogP contribution is 2.18. The summed E-state index contributed by atoms with van der Waals surface area (Å²) in [6.07, 6.45) is 0. The molecule has 0 aromatic heterocycles. The summed E-state index contributed by atoms with van der Waals surface area (Å²) in [6, 6.07) is 8.94. The number of carbonyl (C=O) groups excluding carboxylic acids is 1. The van der Waals surface area contributed by atoms with E-state index in [1.165, 1.54) is 0 Å². The number of hydrogen-bond acceptors (Lipinski definition) is 4. The van der Waals surface area contributed by atoms with Crippen molar-refractivity contribution >= 4 is 5.91 Å². The van der Waals surface area contributed by atoms with Crippen LogP contribution in [0, 0.1) is 17.2 Å². The van der Waals surface area contributed by atoms with Crippen molar-refractivity contribution in [2.45, 2.75) is 26.4 Å². The second-order valence-electron chi connectivity index (χ2n) is 4.56. The predicted molar refractivity (Wildman–Crippen MR) is 72.2 cm³/mol. The van der Waals surface area contributed by atoms with Crippen LogP contribution in [0.3, 0.4) is 0 Å². The fourth-order valence-corrected chi connectivity index (χ4v) is 1.79. The number of amides is 1. The summed E-state index contributed by atoms with van der Waals surface area (Å²) in [5, 5.41) is 11.6. The number of nitriles is 1. The lowest BCUT2D eigenvalue weighted by atomic mass is 10.0. The minimum Gasteiger partial charge on any atom is -0.478 e. The van der Waals surface area contributed by atoms with Crippen LogP contribution in [0.15, 0.2) is 24.3 Å². The second-order valence-corrected chi connectivity index (χ2v) is 4.56. The van der Waals surface area contributed by atoms with E-state index in [4.69, 9.17) is 15.7 Å². The van der Waals surface area contributed by atoms with Gasteiger partial charge in [-0.1, -0.05) is 32.0 Å². The van der Waals surface area contributed by atoms with Crippen LogP contribution in [-0.2, 0) is 11.3 Å². The molecular weight excluding hydrogens is 242 g/mol. The summed E-state index contributed by atoms with van der Waals surface area (Å²) in [5.41, 5.74) is 6.24. The molecule has 5 heteroatoms. The van der Waals surface area contributed by atoms with Gasteiger partial charge in [0, 0.05) is 12.1 Å². The number of nitrogens with zero attached hydrogens (tertiary/aromatic N) is 1. The summed E-state index contributed by atoms with van der Waals surface area (Å²) >= 11 is 0. The van der Waals surface area contributed by atoms with Crippen LogP contribution in [0.4, 0.5) is 0 Å². The Balaban J connectivity index is 2.71. The van der Waals surface area contributed by atoms with Crippen molar-refractivity contribution in [1.82, 2.24) is 5.32 Å². The summed E-state index contributed by atoms with van der Waals surface area (Å²) in [4.78, 5) is 11.3. The third-order valence-corrected chi connectivity index (χ3v) is 2.75. The van der Waals surface area contributed by atoms with Crippen LogP contribution in [-0.4, -0.2) is 18.6 Å². The molecule has 1 aromatic carbocycles. The molecule has 0 saturated carbocycles. The average molecular weight is 261 g/mol. The van der Waals surface area contributed by atoms with Crippen molar-refractivity contribution in [1.29, 1.82) is 5.26 Å². The quantitative estimate of drug-likeness (QED) is 0.771. The van der Waals surface area contributed by atoms with E-state index < -0.39 is 0 Å². The maximum absolute atomic E-state index is 11.3. The molecular formula is C14H19N3O2. The van der Waals surface area contributed by atoms with E-state index in [9.17, 15) is 4.79 Å². The number of benzene rings is 1. The number of rotatable bonds is 7. The average Bonchev–Trinajstić information content (AvgIpc) is 2.37. The maximum atomic E-state index is 11.3. The fourth-order valence-electron chi connectivity index (χ4n) is 1.79. The van der Waals surface area contributed by atoms with E-state index >= 15 is 0 Å². The van der Waals surface area contributed by atoms with Gasteiger partial charge in [-0.25, -0.2) is 0 Å². The Morgan fingerprint density at radius 2 is 2.16 bits per heavy atom. The number of para-hydroxylation sites is 1. The van der Waals surface area contributed by atoms with Gasteiger partial charge in [-0.2, -0.15) is 5.26 Å². The summed E-state index contributed by atoms with van der Waals surface area (Å²) in [7, 11) is 0. The molecule has 0 aliphatic heterocycles. The van der Waals surface area contributed by atoms with E-state index in [-0.39, 0.29) is 24.5 Å². The third kappa shape index (κ3) is 4.60. The van der Waals surface area contributed by atoms with E-state index in [1.807, 2.05) is 38.1 Å². The lowest BCUT2D eigenvalue weighted by Crippen LogP contribution is -2.44. The Morgan fingerprint density at radius 3 is 2.74 bits per heavy atom. The molecule has 1 amide bonds. The molecule has 0 fully saturated rings.